The third-order valence-electron chi connectivity index (χ3n) is 4.02. The lowest BCUT2D eigenvalue weighted by atomic mass is 10.1. The molecule has 0 radical (unpaired) electrons. The van der Waals surface area contributed by atoms with Crippen molar-refractivity contribution in [2.45, 2.75) is 26.3 Å². The van der Waals surface area contributed by atoms with Crippen LogP contribution in [0.4, 0.5) is 0 Å². The van der Waals surface area contributed by atoms with Crippen LogP contribution in [0.5, 0.6) is 0 Å². The second kappa shape index (κ2) is 10.8. The number of nitrogens with zero attached hydrogens (tertiary/aromatic N) is 4. The van der Waals surface area contributed by atoms with Crippen molar-refractivity contribution in [1.29, 1.82) is 0 Å². The Morgan fingerprint density at radius 2 is 2.00 bits per heavy atom. The van der Waals surface area contributed by atoms with Crippen LogP contribution in [0.25, 0.3) is 0 Å². The first-order valence-corrected chi connectivity index (χ1v) is 9.09. The fraction of sp³-hybridized carbons (Fsp3) is 0.500. The van der Waals surface area contributed by atoms with Gasteiger partial charge in [0.2, 0.25) is 0 Å². The molecule has 142 valence electrons. The van der Waals surface area contributed by atoms with E-state index in [1.54, 1.807) is 7.11 Å². The Balaban J connectivity index is 1.92. The number of aromatic nitrogens is 3. The molecule has 2 N–H and O–H groups in total. The number of benzene rings is 1. The Morgan fingerprint density at radius 1 is 1.23 bits per heavy atom. The van der Waals surface area contributed by atoms with Crippen molar-refractivity contribution in [2.24, 2.45) is 12.0 Å². The highest BCUT2D eigenvalue weighted by molar-refractivity contribution is 6.31. The lowest BCUT2D eigenvalue weighted by Gasteiger charge is -2.13. The molecule has 8 heteroatoms. The Kier molecular flexibility index (Phi) is 8.37. The summed E-state index contributed by atoms with van der Waals surface area (Å²) in [6.07, 6.45) is 1.73. The minimum atomic E-state index is 0.461. The zero-order chi connectivity index (χ0) is 18.8. The van der Waals surface area contributed by atoms with E-state index in [-0.39, 0.29) is 0 Å². The standard InChI is InChI=1S/C18H27ClN6O/c1-14-23-24-17(25(14)2)13-22-18(20-10-6-12-26-3)21-11-9-15-7-4-5-8-16(15)19/h4-5,7-8H,6,9-13H2,1-3H3,(H2,20,21,22). The van der Waals surface area contributed by atoms with Crippen LogP contribution >= 0.6 is 11.6 Å². The molecule has 2 aromatic rings. The van der Waals surface area contributed by atoms with Crippen molar-refractivity contribution in [3.05, 3.63) is 46.5 Å². The van der Waals surface area contributed by atoms with E-state index in [2.05, 4.69) is 25.8 Å². The zero-order valence-corrected chi connectivity index (χ0v) is 16.4. The van der Waals surface area contributed by atoms with Gasteiger partial charge in [-0.15, -0.1) is 10.2 Å². The quantitative estimate of drug-likeness (QED) is 0.397. The molecule has 26 heavy (non-hydrogen) atoms. The molecule has 0 atom stereocenters. The van der Waals surface area contributed by atoms with Crippen LogP contribution in [-0.2, 0) is 24.8 Å². The Bertz CT molecular complexity index is 715. The highest BCUT2D eigenvalue weighted by Crippen LogP contribution is 2.14. The van der Waals surface area contributed by atoms with Crippen LogP contribution in [0.1, 0.15) is 23.6 Å². The van der Waals surface area contributed by atoms with Crippen LogP contribution < -0.4 is 10.6 Å². The van der Waals surface area contributed by atoms with Crippen molar-refractivity contribution in [3.63, 3.8) is 0 Å². The number of hydrogen-bond acceptors (Lipinski definition) is 4. The summed E-state index contributed by atoms with van der Waals surface area (Å²) in [5.74, 6) is 2.44. The average Bonchev–Trinajstić information content (AvgIpc) is 2.96. The third-order valence-corrected chi connectivity index (χ3v) is 4.39. The molecule has 0 spiro atoms. The summed E-state index contributed by atoms with van der Waals surface area (Å²) in [4.78, 5) is 4.62. The van der Waals surface area contributed by atoms with Gasteiger partial charge in [-0.05, 0) is 31.4 Å². The predicted molar refractivity (Wildman–Crippen MR) is 105 cm³/mol. The van der Waals surface area contributed by atoms with Crippen molar-refractivity contribution in [3.8, 4) is 0 Å². The molecule has 1 heterocycles. The monoisotopic (exact) mass is 378 g/mol. The van der Waals surface area contributed by atoms with E-state index >= 15 is 0 Å². The normalized spacial score (nSPS) is 11.6. The molecule has 0 saturated carbocycles. The van der Waals surface area contributed by atoms with Gasteiger partial charge in [-0.25, -0.2) is 4.99 Å². The second-order valence-corrected chi connectivity index (χ2v) is 6.34. The molecule has 0 saturated heterocycles. The minimum Gasteiger partial charge on any atom is -0.385 e. The van der Waals surface area contributed by atoms with Gasteiger partial charge >= 0.3 is 0 Å². The zero-order valence-electron chi connectivity index (χ0n) is 15.6. The van der Waals surface area contributed by atoms with E-state index in [1.807, 2.05) is 42.8 Å². The first-order valence-electron chi connectivity index (χ1n) is 8.71. The number of aliphatic imine (C=N–C) groups is 1. The second-order valence-electron chi connectivity index (χ2n) is 5.93. The van der Waals surface area contributed by atoms with Crippen LogP contribution in [-0.4, -0.2) is 47.5 Å². The Morgan fingerprint density at radius 3 is 2.69 bits per heavy atom. The predicted octanol–water partition coefficient (Wildman–Crippen LogP) is 2.09. The van der Waals surface area contributed by atoms with Gasteiger partial charge in [0.15, 0.2) is 11.8 Å². The average molecular weight is 379 g/mol. The molecule has 0 amide bonds. The SMILES string of the molecule is COCCCNC(=NCc1nnc(C)n1C)NCCc1ccccc1Cl. The van der Waals surface area contributed by atoms with Crippen molar-refractivity contribution < 1.29 is 4.74 Å². The largest absolute Gasteiger partial charge is 0.385 e. The van der Waals surface area contributed by atoms with Crippen LogP contribution in [0, 0.1) is 6.92 Å². The van der Waals surface area contributed by atoms with Crippen molar-refractivity contribution in [1.82, 2.24) is 25.4 Å². The molecular formula is C18H27ClN6O. The lowest BCUT2D eigenvalue weighted by molar-refractivity contribution is 0.195. The van der Waals surface area contributed by atoms with Gasteiger partial charge < -0.3 is 19.9 Å². The van der Waals surface area contributed by atoms with Gasteiger partial charge in [-0.1, -0.05) is 29.8 Å². The molecule has 2 rings (SSSR count). The topological polar surface area (TPSA) is 76.4 Å². The molecule has 0 fully saturated rings. The molecule has 1 aromatic heterocycles. The number of ether oxygens (including phenoxy) is 1. The van der Waals surface area contributed by atoms with Crippen LogP contribution in [0.3, 0.4) is 0 Å². The summed E-state index contributed by atoms with van der Waals surface area (Å²) >= 11 is 6.21. The van der Waals surface area contributed by atoms with E-state index in [0.29, 0.717) is 13.2 Å². The summed E-state index contributed by atoms with van der Waals surface area (Å²) in [6.45, 7) is 4.61. The first kappa shape index (κ1) is 20.2. The van der Waals surface area contributed by atoms with Gasteiger partial charge in [-0.2, -0.15) is 0 Å². The molecule has 0 bridgehead atoms. The summed E-state index contributed by atoms with van der Waals surface area (Å²) in [7, 11) is 3.64. The molecule has 0 unspecified atom stereocenters. The van der Waals surface area contributed by atoms with Crippen molar-refractivity contribution in [2.75, 3.05) is 26.8 Å². The molecular weight excluding hydrogens is 352 g/mol. The highest BCUT2D eigenvalue weighted by atomic mass is 35.5. The van der Waals surface area contributed by atoms with Gasteiger partial charge in [0, 0.05) is 38.9 Å². The number of aryl methyl sites for hydroxylation is 1. The summed E-state index contributed by atoms with van der Waals surface area (Å²) < 4.78 is 7.03. The van der Waals surface area contributed by atoms with E-state index in [1.165, 1.54) is 0 Å². The molecule has 0 aliphatic rings. The number of hydrogen-bond donors (Lipinski definition) is 2. The molecule has 0 aliphatic heterocycles. The fourth-order valence-corrected chi connectivity index (χ4v) is 2.58. The van der Waals surface area contributed by atoms with E-state index < -0.39 is 0 Å². The number of methoxy groups -OCH3 is 1. The van der Waals surface area contributed by atoms with Crippen molar-refractivity contribution >= 4 is 17.6 Å². The van der Waals surface area contributed by atoms with Crippen LogP contribution in [0.2, 0.25) is 5.02 Å². The molecule has 0 aliphatic carbocycles. The van der Waals surface area contributed by atoms with E-state index in [0.717, 1.165) is 54.1 Å². The summed E-state index contributed by atoms with van der Waals surface area (Å²) in [5.41, 5.74) is 1.12. The Labute approximate surface area is 159 Å². The van der Waals surface area contributed by atoms with Gasteiger partial charge in [0.25, 0.3) is 0 Å². The fourth-order valence-electron chi connectivity index (χ4n) is 2.35. The maximum absolute atomic E-state index is 6.21. The Hall–Kier alpha value is -2.12. The molecule has 7 nitrogen and oxygen atoms in total. The first-order chi connectivity index (χ1) is 12.6. The maximum atomic E-state index is 6.21. The third kappa shape index (κ3) is 6.31. The van der Waals surface area contributed by atoms with Gasteiger partial charge in [-0.3, -0.25) is 0 Å². The molecule has 1 aromatic carbocycles. The van der Waals surface area contributed by atoms with Gasteiger partial charge in [0.05, 0.1) is 0 Å². The van der Waals surface area contributed by atoms with E-state index in [4.69, 9.17) is 16.3 Å². The number of guanidine groups is 1. The highest BCUT2D eigenvalue weighted by Gasteiger charge is 2.06. The minimum absolute atomic E-state index is 0.461. The number of nitrogens with one attached hydrogen (secondary N) is 2. The lowest BCUT2D eigenvalue weighted by Crippen LogP contribution is -2.39. The smallest absolute Gasteiger partial charge is 0.191 e. The summed E-state index contributed by atoms with van der Waals surface area (Å²) in [5, 5.41) is 15.7. The maximum Gasteiger partial charge on any atom is 0.191 e. The number of halogens is 1. The number of rotatable bonds is 9. The van der Waals surface area contributed by atoms with E-state index in [9.17, 15) is 0 Å². The van der Waals surface area contributed by atoms with Crippen LogP contribution in [0.15, 0.2) is 29.3 Å². The van der Waals surface area contributed by atoms with Gasteiger partial charge in [0.1, 0.15) is 12.4 Å². The summed E-state index contributed by atoms with van der Waals surface area (Å²) in [6, 6.07) is 7.88.